The molecule has 0 heterocycles. The maximum absolute atomic E-state index is 11.8. The lowest BCUT2D eigenvalue weighted by Crippen LogP contribution is -2.46. The fraction of sp³-hybridized carbons (Fsp3) is 0.955. The lowest BCUT2D eigenvalue weighted by Gasteiger charge is -2.28. The first kappa shape index (κ1) is 29.5. The topological polar surface area (TPSA) is 44.8 Å². The molecule has 0 aliphatic rings. The summed E-state index contributed by atoms with van der Waals surface area (Å²) in [4.78, 5) is 11.8. The molecule has 29 heavy (non-hydrogen) atoms. The van der Waals surface area contributed by atoms with E-state index in [1.54, 1.807) is 11.8 Å². The van der Waals surface area contributed by atoms with Crippen LogP contribution in [0.5, 0.6) is 0 Å². The third-order valence-corrected chi connectivity index (χ3v) is 9.87. The van der Waals surface area contributed by atoms with E-state index in [1.807, 2.05) is 32.5 Å². The molecule has 174 valence electrons. The van der Waals surface area contributed by atoms with Crippen LogP contribution in [0, 0.1) is 0 Å². The van der Waals surface area contributed by atoms with E-state index in [0.717, 1.165) is 36.8 Å². The number of unbranched alkanes of at least 4 members (excludes halogenated alkanes) is 6. The molecule has 0 aromatic carbocycles. The summed E-state index contributed by atoms with van der Waals surface area (Å²) in [6, 6.07) is 0.916. The van der Waals surface area contributed by atoms with Gasteiger partial charge in [0.05, 0.1) is 0 Å². The smallest absolute Gasteiger partial charge is 0.374 e. The molecule has 7 heteroatoms. The quantitative estimate of drug-likeness (QED) is 0.127. The van der Waals surface area contributed by atoms with Crippen LogP contribution in [0.25, 0.3) is 0 Å². The molecule has 0 atom stereocenters. The maximum Gasteiger partial charge on any atom is 0.500 e. The van der Waals surface area contributed by atoms with Gasteiger partial charge in [-0.05, 0) is 58.0 Å². The summed E-state index contributed by atoms with van der Waals surface area (Å²) in [5.74, 6) is 3.36. The van der Waals surface area contributed by atoms with Gasteiger partial charge < -0.3 is 13.3 Å². The predicted molar refractivity (Wildman–Crippen MR) is 132 cm³/mol. The molecule has 0 aliphatic heterocycles. The Morgan fingerprint density at radius 2 is 1.24 bits per heavy atom. The zero-order valence-corrected chi connectivity index (χ0v) is 22.1. The molecule has 0 aromatic heterocycles. The molecular weight excluding hydrogens is 420 g/mol. The summed E-state index contributed by atoms with van der Waals surface area (Å²) < 4.78 is 17.7. The highest BCUT2D eigenvalue weighted by molar-refractivity contribution is 8.13. The van der Waals surface area contributed by atoms with Crippen molar-refractivity contribution >= 4 is 37.4 Å². The SMILES string of the molecule is CCCCCCC(=O)SCCCCCCSCCC[Si](OCC)(OCC)OCC. The largest absolute Gasteiger partial charge is 0.500 e. The van der Waals surface area contributed by atoms with E-state index in [1.165, 1.54) is 50.7 Å². The summed E-state index contributed by atoms with van der Waals surface area (Å²) >= 11 is 3.57. The molecule has 0 aliphatic carbocycles. The first-order valence-electron chi connectivity index (χ1n) is 11.8. The Morgan fingerprint density at radius 1 is 0.690 bits per heavy atom. The molecule has 4 nitrogen and oxygen atoms in total. The van der Waals surface area contributed by atoms with Gasteiger partial charge in [-0.3, -0.25) is 4.79 Å². The molecular formula is C22H46O4S2Si. The van der Waals surface area contributed by atoms with Gasteiger partial charge in [0.2, 0.25) is 0 Å². The summed E-state index contributed by atoms with van der Waals surface area (Å²) in [6.07, 6.45) is 11.6. The minimum atomic E-state index is -2.45. The van der Waals surface area contributed by atoms with Crippen molar-refractivity contribution in [2.24, 2.45) is 0 Å². The molecule has 0 spiro atoms. The van der Waals surface area contributed by atoms with E-state index >= 15 is 0 Å². The fourth-order valence-corrected chi connectivity index (χ4v) is 7.80. The van der Waals surface area contributed by atoms with Crippen molar-refractivity contribution in [2.45, 2.75) is 97.9 Å². The molecule has 0 radical (unpaired) electrons. The van der Waals surface area contributed by atoms with Gasteiger partial charge in [0, 0.05) is 38.0 Å². The van der Waals surface area contributed by atoms with Crippen LogP contribution in [0.3, 0.4) is 0 Å². The van der Waals surface area contributed by atoms with Gasteiger partial charge >= 0.3 is 8.80 Å². The monoisotopic (exact) mass is 466 g/mol. The molecule has 0 saturated carbocycles. The van der Waals surface area contributed by atoms with Crippen molar-refractivity contribution in [1.29, 1.82) is 0 Å². The number of rotatable bonds is 22. The highest BCUT2D eigenvalue weighted by Gasteiger charge is 2.39. The van der Waals surface area contributed by atoms with Crippen molar-refractivity contribution in [3.8, 4) is 0 Å². The van der Waals surface area contributed by atoms with Crippen molar-refractivity contribution < 1.29 is 18.1 Å². The van der Waals surface area contributed by atoms with Crippen LogP contribution in [0.1, 0.15) is 91.9 Å². The first-order chi connectivity index (χ1) is 14.1. The summed E-state index contributed by atoms with van der Waals surface area (Å²) in [7, 11) is -2.45. The Labute approximate surface area is 190 Å². The van der Waals surface area contributed by atoms with Crippen molar-refractivity contribution in [1.82, 2.24) is 0 Å². The van der Waals surface area contributed by atoms with E-state index < -0.39 is 8.80 Å². The Hall–Kier alpha value is 0.467. The van der Waals surface area contributed by atoms with Gasteiger partial charge in [0.25, 0.3) is 0 Å². The number of carbonyl (C=O) groups excluding carboxylic acids is 1. The first-order valence-corrected chi connectivity index (χ1v) is 15.9. The van der Waals surface area contributed by atoms with Crippen molar-refractivity contribution in [3.63, 3.8) is 0 Å². The Morgan fingerprint density at radius 3 is 1.83 bits per heavy atom. The molecule has 0 saturated heterocycles. The normalized spacial score (nSPS) is 11.9. The van der Waals surface area contributed by atoms with E-state index in [0.29, 0.717) is 24.9 Å². The van der Waals surface area contributed by atoms with Crippen molar-refractivity contribution in [2.75, 3.05) is 37.1 Å². The van der Waals surface area contributed by atoms with E-state index in [4.69, 9.17) is 13.3 Å². The van der Waals surface area contributed by atoms with E-state index in [9.17, 15) is 4.79 Å². The standard InChI is InChI=1S/C22H46O4S2Si/c1-5-9-10-13-17-22(23)28-20-15-12-11-14-18-27-19-16-21-29(24-6-2,25-7-3)26-8-4/h5-21H2,1-4H3. The molecule has 0 N–H and O–H groups in total. The van der Waals surface area contributed by atoms with E-state index in [2.05, 4.69) is 6.92 Å². The molecule has 0 aromatic rings. The van der Waals surface area contributed by atoms with Gasteiger partial charge in [0.1, 0.15) is 0 Å². The summed E-state index contributed by atoms with van der Waals surface area (Å²) in [6.45, 7) is 10.2. The molecule has 0 bridgehead atoms. The average Bonchev–Trinajstić information content (AvgIpc) is 2.70. The second-order valence-electron chi connectivity index (χ2n) is 7.14. The van der Waals surface area contributed by atoms with Crippen molar-refractivity contribution in [3.05, 3.63) is 0 Å². The van der Waals surface area contributed by atoms with Gasteiger partial charge in [-0.15, -0.1) is 0 Å². The van der Waals surface area contributed by atoms with Crippen LogP contribution in [0.15, 0.2) is 0 Å². The van der Waals surface area contributed by atoms with Crippen LogP contribution < -0.4 is 0 Å². The van der Waals surface area contributed by atoms with E-state index in [-0.39, 0.29) is 0 Å². The number of carbonyl (C=O) groups is 1. The van der Waals surface area contributed by atoms with Crippen LogP contribution in [-0.2, 0) is 18.1 Å². The maximum atomic E-state index is 11.8. The fourth-order valence-electron chi connectivity index (χ4n) is 3.11. The second kappa shape index (κ2) is 21.7. The lowest BCUT2D eigenvalue weighted by molar-refractivity contribution is -0.111. The summed E-state index contributed by atoms with van der Waals surface area (Å²) in [5.41, 5.74) is 0. The molecule has 0 fully saturated rings. The van der Waals surface area contributed by atoms with Gasteiger partial charge in [0.15, 0.2) is 5.12 Å². The van der Waals surface area contributed by atoms with Gasteiger partial charge in [-0.1, -0.05) is 50.8 Å². The Balaban J connectivity index is 3.57. The lowest BCUT2D eigenvalue weighted by atomic mass is 10.2. The molecule has 0 unspecified atom stereocenters. The molecule has 0 rings (SSSR count). The zero-order valence-electron chi connectivity index (χ0n) is 19.5. The molecule has 0 amide bonds. The van der Waals surface area contributed by atoms with Gasteiger partial charge in [-0.2, -0.15) is 11.8 Å². The Kier molecular flexibility index (Phi) is 22.0. The van der Waals surface area contributed by atoms with Crippen LogP contribution in [-0.4, -0.2) is 51.0 Å². The highest BCUT2D eigenvalue weighted by atomic mass is 32.2. The van der Waals surface area contributed by atoms with Crippen LogP contribution in [0.4, 0.5) is 0 Å². The number of thioether (sulfide) groups is 2. The number of hydrogen-bond acceptors (Lipinski definition) is 6. The minimum absolute atomic E-state index is 0.391. The summed E-state index contributed by atoms with van der Waals surface area (Å²) in [5, 5.41) is 0.391. The van der Waals surface area contributed by atoms with Crippen LogP contribution >= 0.6 is 23.5 Å². The van der Waals surface area contributed by atoms with Gasteiger partial charge in [-0.25, -0.2) is 0 Å². The third kappa shape index (κ3) is 17.8. The minimum Gasteiger partial charge on any atom is -0.374 e. The Bertz CT molecular complexity index is 356. The highest BCUT2D eigenvalue weighted by Crippen LogP contribution is 2.20. The predicted octanol–water partition coefficient (Wildman–Crippen LogP) is 6.95. The second-order valence-corrected chi connectivity index (χ2v) is 12.3. The number of hydrogen-bond donors (Lipinski definition) is 0. The third-order valence-electron chi connectivity index (χ3n) is 4.54. The average molecular weight is 467 g/mol. The zero-order chi connectivity index (χ0) is 21.6. The van der Waals surface area contributed by atoms with Crippen LogP contribution in [0.2, 0.25) is 6.04 Å².